The zero-order chi connectivity index (χ0) is 16.0. The van der Waals surface area contributed by atoms with Crippen LogP contribution in [0.5, 0.6) is 11.5 Å². The fourth-order valence-electron chi connectivity index (χ4n) is 1.32. The van der Waals surface area contributed by atoms with Gasteiger partial charge in [0, 0.05) is 15.9 Å². The van der Waals surface area contributed by atoms with Crippen molar-refractivity contribution in [2.75, 3.05) is 11.1 Å². The number of carbonyl (C=O) groups excluding carboxylic acids is 1. The minimum atomic E-state index is -0.205. The predicted octanol–water partition coefficient (Wildman–Crippen LogP) is 3.85. The predicted molar refractivity (Wildman–Crippen MR) is 90.3 cm³/mol. The highest BCUT2D eigenvalue weighted by atomic mass is 79.9. The molecule has 0 radical (unpaired) electrons. The van der Waals surface area contributed by atoms with Crippen molar-refractivity contribution in [2.24, 2.45) is 0 Å². The largest absolute Gasteiger partial charge is 0.506 e. The van der Waals surface area contributed by atoms with Gasteiger partial charge in [-0.25, -0.2) is 0 Å². The summed E-state index contributed by atoms with van der Waals surface area (Å²) in [5, 5.41) is 20.6. The SMILES string of the molecule is CC(=O)Nc1cc(Br)ccc1O.Nc1cc(Br)ccc1O. The Balaban J connectivity index is 0.000000219. The first-order valence-electron chi connectivity index (χ1n) is 5.79. The third-order valence-corrected chi connectivity index (χ3v) is 3.25. The number of amides is 1. The van der Waals surface area contributed by atoms with Crippen molar-refractivity contribution >= 4 is 49.1 Å². The molecule has 0 atom stereocenters. The van der Waals surface area contributed by atoms with Crippen molar-refractivity contribution in [1.82, 2.24) is 0 Å². The number of hydrogen-bond donors (Lipinski definition) is 4. The van der Waals surface area contributed by atoms with E-state index in [2.05, 4.69) is 37.2 Å². The molecule has 0 saturated heterocycles. The van der Waals surface area contributed by atoms with Gasteiger partial charge < -0.3 is 21.3 Å². The fourth-order valence-corrected chi connectivity index (χ4v) is 2.06. The lowest BCUT2D eigenvalue weighted by atomic mass is 10.3. The number of phenolic OH excluding ortho intramolecular Hbond substituents is 2. The Morgan fingerprint density at radius 1 is 1.05 bits per heavy atom. The maximum atomic E-state index is 10.6. The van der Waals surface area contributed by atoms with Gasteiger partial charge >= 0.3 is 0 Å². The molecule has 1 amide bonds. The van der Waals surface area contributed by atoms with Gasteiger partial charge in [0.2, 0.25) is 5.91 Å². The molecule has 0 spiro atoms. The van der Waals surface area contributed by atoms with E-state index in [4.69, 9.17) is 10.8 Å². The highest BCUT2D eigenvalue weighted by molar-refractivity contribution is 9.10. The summed E-state index contributed by atoms with van der Waals surface area (Å²) in [6.07, 6.45) is 0. The van der Waals surface area contributed by atoms with Gasteiger partial charge in [0.05, 0.1) is 11.4 Å². The van der Waals surface area contributed by atoms with Crippen LogP contribution in [0.3, 0.4) is 0 Å². The maximum Gasteiger partial charge on any atom is 0.221 e. The van der Waals surface area contributed by atoms with Gasteiger partial charge in [-0.05, 0) is 36.4 Å². The number of benzene rings is 2. The van der Waals surface area contributed by atoms with Gasteiger partial charge in [0.25, 0.3) is 0 Å². The van der Waals surface area contributed by atoms with Gasteiger partial charge in [0.1, 0.15) is 11.5 Å². The summed E-state index contributed by atoms with van der Waals surface area (Å²) in [5.74, 6) is -0.0185. The molecule has 0 unspecified atom stereocenters. The van der Waals surface area contributed by atoms with E-state index in [1.54, 1.807) is 30.3 Å². The molecule has 2 aromatic rings. The van der Waals surface area contributed by atoms with E-state index in [0.717, 1.165) is 8.95 Å². The van der Waals surface area contributed by atoms with Crippen molar-refractivity contribution in [3.05, 3.63) is 45.3 Å². The lowest BCUT2D eigenvalue weighted by molar-refractivity contribution is -0.114. The van der Waals surface area contributed by atoms with Crippen molar-refractivity contribution in [1.29, 1.82) is 0 Å². The van der Waals surface area contributed by atoms with Crippen molar-refractivity contribution in [3.8, 4) is 11.5 Å². The van der Waals surface area contributed by atoms with Gasteiger partial charge in [-0.15, -0.1) is 0 Å². The summed E-state index contributed by atoms with van der Waals surface area (Å²) in [4.78, 5) is 10.6. The zero-order valence-electron chi connectivity index (χ0n) is 11.1. The molecule has 112 valence electrons. The molecule has 0 heterocycles. The van der Waals surface area contributed by atoms with Gasteiger partial charge in [-0.1, -0.05) is 31.9 Å². The van der Waals surface area contributed by atoms with E-state index >= 15 is 0 Å². The molecular weight excluding hydrogens is 404 g/mol. The first kappa shape index (κ1) is 17.3. The van der Waals surface area contributed by atoms with Crippen molar-refractivity contribution in [2.45, 2.75) is 6.92 Å². The van der Waals surface area contributed by atoms with Crippen LogP contribution in [0.2, 0.25) is 0 Å². The molecule has 2 rings (SSSR count). The number of rotatable bonds is 1. The molecule has 0 aromatic heterocycles. The van der Waals surface area contributed by atoms with E-state index in [1.807, 2.05) is 0 Å². The van der Waals surface area contributed by atoms with E-state index in [1.165, 1.54) is 13.0 Å². The van der Waals surface area contributed by atoms with Crippen LogP contribution < -0.4 is 11.1 Å². The molecule has 0 aliphatic heterocycles. The number of hydrogen-bond acceptors (Lipinski definition) is 4. The molecule has 0 saturated carbocycles. The number of nitrogens with one attached hydrogen (secondary N) is 1. The number of nitrogens with two attached hydrogens (primary N) is 1. The van der Waals surface area contributed by atoms with Crippen LogP contribution in [0.4, 0.5) is 11.4 Å². The Hall–Kier alpha value is -1.73. The molecule has 5 nitrogen and oxygen atoms in total. The molecule has 0 fully saturated rings. The normalized spacial score (nSPS) is 9.48. The van der Waals surface area contributed by atoms with E-state index in [0.29, 0.717) is 11.4 Å². The number of aromatic hydroxyl groups is 2. The van der Waals surface area contributed by atoms with E-state index < -0.39 is 0 Å². The Labute approximate surface area is 139 Å². The average Bonchev–Trinajstić information content (AvgIpc) is 2.39. The second-order valence-corrected chi connectivity index (χ2v) is 5.88. The molecule has 7 heteroatoms. The molecule has 0 aliphatic rings. The van der Waals surface area contributed by atoms with E-state index in [9.17, 15) is 9.90 Å². The Morgan fingerprint density at radius 2 is 1.57 bits per heavy atom. The highest BCUT2D eigenvalue weighted by Gasteiger charge is 2.02. The Bertz CT molecular complexity index is 648. The third-order valence-electron chi connectivity index (χ3n) is 2.26. The summed E-state index contributed by atoms with van der Waals surface area (Å²) < 4.78 is 1.68. The number of anilines is 2. The van der Waals surface area contributed by atoms with Crippen molar-refractivity contribution in [3.63, 3.8) is 0 Å². The summed E-state index contributed by atoms with van der Waals surface area (Å²) in [5.41, 5.74) is 6.15. The number of nitrogen functional groups attached to an aromatic ring is 1. The topological polar surface area (TPSA) is 95.6 Å². The lowest BCUT2D eigenvalue weighted by Gasteiger charge is -2.04. The first-order valence-corrected chi connectivity index (χ1v) is 7.38. The summed E-state index contributed by atoms with van der Waals surface area (Å²) in [7, 11) is 0. The van der Waals surface area contributed by atoms with Crippen molar-refractivity contribution < 1.29 is 15.0 Å². The highest BCUT2D eigenvalue weighted by Crippen LogP contribution is 2.26. The van der Waals surface area contributed by atoms with Crippen LogP contribution >= 0.6 is 31.9 Å². The first-order chi connectivity index (χ1) is 9.79. The second-order valence-electron chi connectivity index (χ2n) is 4.05. The van der Waals surface area contributed by atoms with Crippen LogP contribution in [0, 0.1) is 0 Å². The smallest absolute Gasteiger partial charge is 0.221 e. The lowest BCUT2D eigenvalue weighted by Crippen LogP contribution is -2.05. The Morgan fingerprint density at radius 3 is 2.05 bits per heavy atom. The zero-order valence-corrected chi connectivity index (χ0v) is 14.3. The minimum Gasteiger partial charge on any atom is -0.506 e. The van der Waals surface area contributed by atoms with Crippen LogP contribution in [0.25, 0.3) is 0 Å². The minimum absolute atomic E-state index is 0.0633. The summed E-state index contributed by atoms with van der Waals surface area (Å²) in [6, 6.07) is 9.76. The quantitative estimate of drug-likeness (QED) is 0.418. The van der Waals surface area contributed by atoms with Gasteiger partial charge in [0.15, 0.2) is 0 Å². The van der Waals surface area contributed by atoms with Gasteiger partial charge in [-0.3, -0.25) is 4.79 Å². The molecule has 2 aromatic carbocycles. The maximum absolute atomic E-state index is 10.6. The number of halogens is 2. The standard InChI is InChI=1S/C8H8BrNO2.C6H6BrNO/c1-5(11)10-7-4-6(9)2-3-8(7)12;7-4-1-2-6(9)5(8)3-4/h2-4,12H,1H3,(H,10,11);1-3,9H,8H2. The average molecular weight is 418 g/mol. The Kier molecular flexibility index (Phi) is 6.51. The van der Waals surface area contributed by atoms with E-state index in [-0.39, 0.29) is 17.4 Å². The third kappa shape index (κ3) is 6.05. The fraction of sp³-hybridized carbons (Fsp3) is 0.0714. The monoisotopic (exact) mass is 416 g/mol. The van der Waals surface area contributed by atoms with Crippen LogP contribution in [-0.2, 0) is 4.79 Å². The molecule has 0 bridgehead atoms. The molecular formula is C14H14Br2N2O3. The molecule has 0 aliphatic carbocycles. The summed E-state index contributed by atoms with van der Waals surface area (Å²) >= 11 is 6.43. The number of carbonyl (C=O) groups is 1. The summed E-state index contributed by atoms with van der Waals surface area (Å²) in [6.45, 7) is 1.39. The molecule has 21 heavy (non-hydrogen) atoms. The van der Waals surface area contributed by atoms with Crippen LogP contribution in [0.1, 0.15) is 6.92 Å². The molecule has 5 N–H and O–H groups in total. The van der Waals surface area contributed by atoms with Crippen LogP contribution in [-0.4, -0.2) is 16.1 Å². The van der Waals surface area contributed by atoms with Crippen LogP contribution in [0.15, 0.2) is 45.3 Å². The second kappa shape index (κ2) is 7.90. The van der Waals surface area contributed by atoms with Gasteiger partial charge in [-0.2, -0.15) is 0 Å². The number of phenols is 2.